The molecule has 0 amide bonds. The number of aryl methyl sites for hydroxylation is 1. The summed E-state index contributed by atoms with van der Waals surface area (Å²) in [5, 5.41) is 3.53. The van der Waals surface area contributed by atoms with Crippen molar-refractivity contribution in [3.05, 3.63) is 23.8 Å². The standard InChI is InChI=1S/C13H22N2/c1-5-9(2)11(4)15-13-7-6-12(14)8-10(13)3/h6-9,11,15H,5,14H2,1-4H3. The van der Waals surface area contributed by atoms with Crippen LogP contribution >= 0.6 is 0 Å². The van der Waals surface area contributed by atoms with Gasteiger partial charge >= 0.3 is 0 Å². The molecule has 2 nitrogen and oxygen atoms in total. The second-order valence-electron chi connectivity index (χ2n) is 4.39. The molecule has 1 aromatic carbocycles. The van der Waals surface area contributed by atoms with Crippen LogP contribution in [0.5, 0.6) is 0 Å². The first kappa shape index (κ1) is 11.9. The zero-order chi connectivity index (χ0) is 11.4. The maximum absolute atomic E-state index is 5.72. The molecule has 15 heavy (non-hydrogen) atoms. The van der Waals surface area contributed by atoms with Gasteiger partial charge in [-0.25, -0.2) is 0 Å². The van der Waals surface area contributed by atoms with Gasteiger partial charge in [0.05, 0.1) is 0 Å². The van der Waals surface area contributed by atoms with Gasteiger partial charge in [0.2, 0.25) is 0 Å². The van der Waals surface area contributed by atoms with E-state index in [1.54, 1.807) is 0 Å². The summed E-state index contributed by atoms with van der Waals surface area (Å²) in [5.41, 5.74) is 8.95. The number of nitrogens with two attached hydrogens (primary N) is 1. The number of hydrogen-bond donors (Lipinski definition) is 2. The molecule has 0 fully saturated rings. The first-order chi connectivity index (χ1) is 7.04. The van der Waals surface area contributed by atoms with E-state index in [2.05, 4.69) is 39.1 Å². The second-order valence-corrected chi connectivity index (χ2v) is 4.39. The molecule has 0 heterocycles. The molecule has 0 spiro atoms. The van der Waals surface area contributed by atoms with E-state index in [9.17, 15) is 0 Å². The highest BCUT2D eigenvalue weighted by Crippen LogP contribution is 2.20. The van der Waals surface area contributed by atoms with E-state index in [0.717, 1.165) is 5.69 Å². The van der Waals surface area contributed by atoms with Crippen molar-refractivity contribution >= 4 is 11.4 Å². The van der Waals surface area contributed by atoms with Gasteiger partial charge in [0.25, 0.3) is 0 Å². The largest absolute Gasteiger partial charge is 0.399 e. The number of benzene rings is 1. The smallest absolute Gasteiger partial charge is 0.0373 e. The van der Waals surface area contributed by atoms with E-state index in [4.69, 9.17) is 5.73 Å². The Balaban J connectivity index is 2.72. The fraction of sp³-hybridized carbons (Fsp3) is 0.538. The van der Waals surface area contributed by atoms with E-state index < -0.39 is 0 Å². The summed E-state index contributed by atoms with van der Waals surface area (Å²) in [4.78, 5) is 0. The van der Waals surface area contributed by atoms with Crippen LogP contribution in [0.3, 0.4) is 0 Å². The Labute approximate surface area is 92.9 Å². The second kappa shape index (κ2) is 5.06. The maximum Gasteiger partial charge on any atom is 0.0373 e. The van der Waals surface area contributed by atoms with E-state index in [0.29, 0.717) is 12.0 Å². The van der Waals surface area contributed by atoms with E-state index in [-0.39, 0.29) is 0 Å². The van der Waals surface area contributed by atoms with Gasteiger partial charge in [-0.05, 0) is 43.5 Å². The number of nitrogen functional groups attached to an aromatic ring is 1. The fourth-order valence-corrected chi connectivity index (χ4v) is 1.59. The van der Waals surface area contributed by atoms with Gasteiger partial charge in [0, 0.05) is 17.4 Å². The Bertz CT molecular complexity index is 320. The summed E-state index contributed by atoms with van der Waals surface area (Å²) in [6.07, 6.45) is 1.20. The average molecular weight is 206 g/mol. The minimum atomic E-state index is 0.498. The monoisotopic (exact) mass is 206 g/mol. The van der Waals surface area contributed by atoms with Crippen LogP contribution in [-0.2, 0) is 0 Å². The van der Waals surface area contributed by atoms with Gasteiger partial charge in [0.1, 0.15) is 0 Å². The summed E-state index contributed by atoms with van der Waals surface area (Å²) in [6.45, 7) is 8.80. The zero-order valence-electron chi connectivity index (χ0n) is 10.2. The fourth-order valence-electron chi connectivity index (χ4n) is 1.59. The van der Waals surface area contributed by atoms with Crippen LogP contribution < -0.4 is 11.1 Å². The van der Waals surface area contributed by atoms with Crippen LogP contribution in [0.1, 0.15) is 32.8 Å². The van der Waals surface area contributed by atoms with Gasteiger partial charge < -0.3 is 11.1 Å². The normalized spacial score (nSPS) is 14.7. The summed E-state index contributed by atoms with van der Waals surface area (Å²) in [7, 11) is 0. The molecule has 2 unspecified atom stereocenters. The Morgan fingerprint density at radius 3 is 2.53 bits per heavy atom. The Morgan fingerprint density at radius 2 is 2.00 bits per heavy atom. The molecule has 84 valence electrons. The molecule has 0 saturated carbocycles. The van der Waals surface area contributed by atoms with Crippen molar-refractivity contribution in [2.75, 3.05) is 11.1 Å². The molecule has 0 aliphatic heterocycles. The van der Waals surface area contributed by atoms with Crippen LogP contribution in [0, 0.1) is 12.8 Å². The third-order valence-corrected chi connectivity index (χ3v) is 3.13. The van der Waals surface area contributed by atoms with Gasteiger partial charge in [-0.3, -0.25) is 0 Å². The van der Waals surface area contributed by atoms with Crippen molar-refractivity contribution in [3.63, 3.8) is 0 Å². The summed E-state index contributed by atoms with van der Waals surface area (Å²) in [5.74, 6) is 0.682. The lowest BCUT2D eigenvalue weighted by Gasteiger charge is -2.22. The average Bonchev–Trinajstić information content (AvgIpc) is 2.20. The van der Waals surface area contributed by atoms with E-state index in [1.807, 2.05) is 12.1 Å². The van der Waals surface area contributed by atoms with Gasteiger partial charge in [-0.2, -0.15) is 0 Å². The molecule has 2 atom stereocenters. The minimum Gasteiger partial charge on any atom is -0.399 e. The van der Waals surface area contributed by atoms with Crippen molar-refractivity contribution < 1.29 is 0 Å². The number of anilines is 2. The molecule has 0 radical (unpaired) electrons. The number of rotatable bonds is 4. The third-order valence-electron chi connectivity index (χ3n) is 3.13. The topological polar surface area (TPSA) is 38.0 Å². The molecular weight excluding hydrogens is 184 g/mol. The lowest BCUT2D eigenvalue weighted by molar-refractivity contribution is 0.494. The molecule has 1 aromatic rings. The van der Waals surface area contributed by atoms with Gasteiger partial charge in [0.15, 0.2) is 0 Å². The summed E-state index contributed by atoms with van der Waals surface area (Å²) in [6, 6.07) is 6.51. The maximum atomic E-state index is 5.72. The molecule has 3 N–H and O–H groups in total. The van der Waals surface area contributed by atoms with E-state index in [1.165, 1.54) is 17.7 Å². The molecule has 0 aliphatic rings. The van der Waals surface area contributed by atoms with Crippen molar-refractivity contribution in [2.24, 2.45) is 5.92 Å². The highest BCUT2D eigenvalue weighted by Gasteiger charge is 2.10. The zero-order valence-corrected chi connectivity index (χ0v) is 10.2. The molecule has 0 saturated heterocycles. The van der Waals surface area contributed by atoms with Crippen molar-refractivity contribution in [1.29, 1.82) is 0 Å². The van der Waals surface area contributed by atoms with Crippen LogP contribution in [0.2, 0.25) is 0 Å². The molecule has 0 bridgehead atoms. The Hall–Kier alpha value is -1.18. The van der Waals surface area contributed by atoms with E-state index >= 15 is 0 Å². The molecular formula is C13H22N2. The Morgan fingerprint density at radius 1 is 1.33 bits per heavy atom. The first-order valence-electron chi connectivity index (χ1n) is 5.67. The molecule has 1 rings (SSSR count). The van der Waals surface area contributed by atoms with Crippen LogP contribution in [0.15, 0.2) is 18.2 Å². The predicted octanol–water partition coefficient (Wildman–Crippen LogP) is 3.42. The number of hydrogen-bond acceptors (Lipinski definition) is 2. The van der Waals surface area contributed by atoms with Crippen molar-refractivity contribution in [3.8, 4) is 0 Å². The van der Waals surface area contributed by atoms with Crippen LogP contribution in [0.25, 0.3) is 0 Å². The van der Waals surface area contributed by atoms with Crippen molar-refractivity contribution in [2.45, 2.75) is 40.2 Å². The summed E-state index contributed by atoms with van der Waals surface area (Å²) < 4.78 is 0. The summed E-state index contributed by atoms with van der Waals surface area (Å²) >= 11 is 0. The third kappa shape index (κ3) is 3.15. The van der Waals surface area contributed by atoms with Gasteiger partial charge in [-0.15, -0.1) is 0 Å². The molecule has 2 heteroatoms. The predicted molar refractivity (Wildman–Crippen MR) is 68.1 cm³/mol. The SMILES string of the molecule is CCC(C)C(C)Nc1ccc(N)cc1C. The lowest BCUT2D eigenvalue weighted by Crippen LogP contribution is -2.23. The van der Waals surface area contributed by atoms with Gasteiger partial charge in [-0.1, -0.05) is 20.3 Å². The highest BCUT2D eigenvalue weighted by atomic mass is 14.9. The molecule has 0 aliphatic carbocycles. The highest BCUT2D eigenvalue weighted by molar-refractivity contribution is 5.57. The van der Waals surface area contributed by atoms with Crippen LogP contribution in [-0.4, -0.2) is 6.04 Å². The first-order valence-corrected chi connectivity index (χ1v) is 5.67. The molecule has 0 aromatic heterocycles. The quantitative estimate of drug-likeness (QED) is 0.741. The number of nitrogens with one attached hydrogen (secondary N) is 1. The lowest BCUT2D eigenvalue weighted by atomic mass is 10.00. The Kier molecular flexibility index (Phi) is 4.01. The van der Waals surface area contributed by atoms with Crippen LogP contribution in [0.4, 0.5) is 11.4 Å². The minimum absolute atomic E-state index is 0.498. The van der Waals surface area contributed by atoms with Crippen molar-refractivity contribution in [1.82, 2.24) is 0 Å².